The number of benzene rings is 2. The van der Waals surface area contributed by atoms with Crippen LogP contribution >= 0.6 is 11.8 Å². The normalized spacial score (nSPS) is 20.4. The summed E-state index contributed by atoms with van der Waals surface area (Å²) in [7, 11) is -4.60. The van der Waals surface area contributed by atoms with Gasteiger partial charge in [0.05, 0.1) is 36.3 Å². The van der Waals surface area contributed by atoms with Crippen molar-refractivity contribution in [1.82, 2.24) is 26.3 Å². The number of hydrogen-bond donors (Lipinski definition) is 6. The van der Waals surface area contributed by atoms with Gasteiger partial charge in [0.1, 0.15) is 24.2 Å². The van der Waals surface area contributed by atoms with Crippen LogP contribution in [-0.4, -0.2) is 99.3 Å². The van der Waals surface area contributed by atoms with Gasteiger partial charge in [0.15, 0.2) is 22.0 Å². The average Bonchev–Trinajstić information content (AvgIpc) is 3.60. The van der Waals surface area contributed by atoms with Crippen LogP contribution < -0.4 is 26.0 Å². The molecule has 4 amide bonds. The molecule has 0 fully saturated rings. The van der Waals surface area contributed by atoms with E-state index in [-0.39, 0.29) is 40.5 Å². The van der Waals surface area contributed by atoms with Crippen LogP contribution in [0.1, 0.15) is 93.2 Å². The first kappa shape index (κ1) is 56.1. The number of carbonyl (C=O) groups is 6. The van der Waals surface area contributed by atoms with Crippen molar-refractivity contribution in [2.24, 2.45) is 23.7 Å². The van der Waals surface area contributed by atoms with E-state index in [2.05, 4.69) is 94.0 Å². The van der Waals surface area contributed by atoms with Crippen molar-refractivity contribution >= 4 is 74.7 Å². The van der Waals surface area contributed by atoms with Crippen LogP contribution in [-0.2, 0) is 50.6 Å². The second-order valence-corrected chi connectivity index (χ2v) is 32.1. The standard InChI is InChI=1S/C50H77N5O10SSi2/c1-15-30(2)43-45(60)52-27-42(58)55-47(48(61)62)66-46-37(36-22-21-35(25-38(36)53-46)63-28-33-19-17-16-18-20-33)23-34(44(59)51-26-41(57)54-43)24-39(56)31(3)32(4)40(65-68(13,14)50(8,9)10)29-64-67(11,12)49(5,6)7/h16-22,25,30-32,34,40,43,47,53H,15,23-24,26-29H2,1-14H3,(H,51,59)(H,52,60)(H,54,57)(H,55,58)(H,61,62)/t30-,31-,32+,34+,40-,43-,47?/m0/s1. The first-order chi connectivity index (χ1) is 31.5. The number of Topliss-reactive ketones (excluding diaryl/α,β-unsaturated/α-hetero) is 1. The van der Waals surface area contributed by atoms with Gasteiger partial charge in [0.25, 0.3) is 0 Å². The van der Waals surface area contributed by atoms with E-state index in [0.717, 1.165) is 17.3 Å². The summed E-state index contributed by atoms with van der Waals surface area (Å²) in [5.41, 5.74) is 2.06. The fourth-order valence-electron chi connectivity index (χ4n) is 7.22. The topological polar surface area (TPSA) is 214 Å². The number of aliphatic carboxylic acids is 1. The van der Waals surface area contributed by atoms with E-state index >= 15 is 0 Å². The van der Waals surface area contributed by atoms with Gasteiger partial charge >= 0.3 is 5.97 Å². The Kier molecular flexibility index (Phi) is 19.3. The van der Waals surface area contributed by atoms with Crippen LogP contribution in [0.5, 0.6) is 5.75 Å². The molecule has 4 rings (SSSR count). The molecule has 68 heavy (non-hydrogen) atoms. The van der Waals surface area contributed by atoms with Gasteiger partial charge in [-0.05, 0) is 77.8 Å². The SMILES string of the molecule is CC[C@H](C)[C@@H]1NC(=O)CNC(=O)[C@@H](CC(=O)[C@@H](C)[C@@H](C)[C@H](CO[Si](C)(C)C(C)(C)C)O[Si](C)(C)C(C)(C)C)Cc2c([nH]c3cc(OCc4ccccc4)ccc23)SC(C(=O)O)NC(=O)CNC1=O. The lowest BCUT2D eigenvalue weighted by molar-refractivity contribution is -0.139. The Hall–Kier alpha value is -4.50. The molecule has 1 aromatic heterocycles. The van der Waals surface area contributed by atoms with Gasteiger partial charge < -0.3 is 44.9 Å². The summed E-state index contributed by atoms with van der Waals surface area (Å²) in [5.74, 6) is -5.93. The number of fused-ring (bicyclic) bond motifs is 3. The number of amides is 4. The molecule has 1 unspecified atom stereocenters. The highest BCUT2D eigenvalue weighted by Crippen LogP contribution is 2.41. The second-order valence-electron chi connectivity index (χ2n) is 21.4. The van der Waals surface area contributed by atoms with Gasteiger partial charge in [0.2, 0.25) is 23.6 Å². The minimum Gasteiger partial charge on any atom is -0.489 e. The number of nitrogens with one attached hydrogen (secondary N) is 5. The monoisotopic (exact) mass is 995 g/mol. The summed E-state index contributed by atoms with van der Waals surface area (Å²) in [4.78, 5) is 85.5. The van der Waals surface area contributed by atoms with Crippen LogP contribution in [0, 0.1) is 23.7 Å². The zero-order chi connectivity index (χ0) is 50.9. The molecule has 7 atom stereocenters. The lowest BCUT2D eigenvalue weighted by Gasteiger charge is -2.44. The Morgan fingerprint density at radius 3 is 2.03 bits per heavy atom. The van der Waals surface area contributed by atoms with Crippen LogP contribution in [0.2, 0.25) is 36.3 Å². The quantitative estimate of drug-likeness (QED) is 0.0758. The van der Waals surface area contributed by atoms with Gasteiger partial charge in [-0.1, -0.05) is 118 Å². The highest BCUT2D eigenvalue weighted by atomic mass is 32.2. The zero-order valence-electron chi connectivity index (χ0n) is 42.6. The van der Waals surface area contributed by atoms with E-state index in [1.54, 1.807) is 19.1 Å². The maximum Gasteiger partial charge on any atom is 0.337 e. The highest BCUT2D eigenvalue weighted by Gasteiger charge is 2.44. The molecule has 6 N–H and O–H groups in total. The number of thioether (sulfide) groups is 1. The summed E-state index contributed by atoms with van der Waals surface area (Å²) in [6, 6.07) is 14.0. The van der Waals surface area contributed by atoms with E-state index < -0.39 is 88.7 Å². The van der Waals surface area contributed by atoms with Gasteiger partial charge in [-0.3, -0.25) is 24.0 Å². The molecule has 376 valence electrons. The maximum absolute atomic E-state index is 14.8. The molecule has 3 aromatic rings. The molecule has 1 aliphatic heterocycles. The third kappa shape index (κ3) is 15.0. The molecular formula is C50H77N5O10SSi2. The Labute approximate surface area is 409 Å². The summed E-state index contributed by atoms with van der Waals surface area (Å²) in [6.07, 6.45) is -0.176. The summed E-state index contributed by atoms with van der Waals surface area (Å²) < 4.78 is 19.9. The largest absolute Gasteiger partial charge is 0.489 e. The Balaban J connectivity index is 1.79. The maximum atomic E-state index is 14.8. The fraction of sp³-hybridized carbons (Fsp3) is 0.600. The number of carboxylic acids is 1. The third-order valence-electron chi connectivity index (χ3n) is 14.3. The molecule has 0 aliphatic carbocycles. The van der Waals surface area contributed by atoms with Crippen LogP contribution in [0.3, 0.4) is 0 Å². The van der Waals surface area contributed by atoms with E-state index in [4.69, 9.17) is 13.6 Å². The lowest BCUT2D eigenvalue weighted by atomic mass is 9.82. The first-order valence-corrected chi connectivity index (χ1v) is 30.4. The van der Waals surface area contributed by atoms with Gasteiger partial charge in [-0.25, -0.2) is 4.79 Å². The van der Waals surface area contributed by atoms with Crippen molar-refractivity contribution in [3.05, 3.63) is 59.7 Å². The molecule has 0 radical (unpaired) electrons. The molecule has 0 saturated heterocycles. The number of carbonyl (C=O) groups excluding carboxylic acids is 5. The van der Waals surface area contributed by atoms with E-state index in [1.165, 1.54) is 0 Å². The van der Waals surface area contributed by atoms with Crippen molar-refractivity contribution in [3.8, 4) is 5.75 Å². The predicted molar refractivity (Wildman–Crippen MR) is 272 cm³/mol. The van der Waals surface area contributed by atoms with Crippen molar-refractivity contribution in [2.45, 2.75) is 154 Å². The molecule has 2 aromatic carbocycles. The second kappa shape index (κ2) is 23.4. The van der Waals surface area contributed by atoms with Crippen molar-refractivity contribution in [3.63, 3.8) is 0 Å². The molecule has 0 bridgehead atoms. The van der Waals surface area contributed by atoms with Crippen LogP contribution in [0.15, 0.2) is 53.6 Å². The number of hydrogen-bond acceptors (Lipinski definition) is 10. The fourth-order valence-corrected chi connectivity index (χ4v) is 10.7. The van der Waals surface area contributed by atoms with E-state index in [9.17, 15) is 33.9 Å². The van der Waals surface area contributed by atoms with E-state index in [0.29, 0.717) is 46.9 Å². The number of H-pyrrole nitrogens is 1. The minimum atomic E-state index is -2.37. The number of ether oxygens (including phenoxy) is 1. The minimum absolute atomic E-state index is 0.0406. The number of carboxylic acid groups (broad SMARTS) is 1. The van der Waals surface area contributed by atoms with Crippen molar-refractivity contribution in [1.29, 1.82) is 0 Å². The average molecular weight is 996 g/mol. The number of rotatable bonds is 16. The number of aromatic nitrogens is 1. The zero-order valence-corrected chi connectivity index (χ0v) is 45.5. The van der Waals surface area contributed by atoms with Crippen LogP contribution in [0.4, 0.5) is 0 Å². The molecule has 0 spiro atoms. The van der Waals surface area contributed by atoms with Gasteiger partial charge in [-0.2, -0.15) is 0 Å². The summed E-state index contributed by atoms with van der Waals surface area (Å²) in [6.45, 7) is 28.8. The molecule has 0 saturated carbocycles. The van der Waals surface area contributed by atoms with E-state index in [1.807, 2.05) is 57.2 Å². The lowest BCUT2D eigenvalue weighted by Crippen LogP contribution is -2.54. The Bertz CT molecular complexity index is 2260. The molecular weight excluding hydrogens is 919 g/mol. The first-order valence-electron chi connectivity index (χ1n) is 23.7. The van der Waals surface area contributed by atoms with Crippen molar-refractivity contribution < 1.29 is 47.5 Å². The van der Waals surface area contributed by atoms with Crippen molar-refractivity contribution in [2.75, 3.05) is 19.7 Å². The third-order valence-corrected chi connectivity index (χ3v) is 24.5. The van der Waals surface area contributed by atoms with Gasteiger partial charge in [0, 0.05) is 29.7 Å². The highest BCUT2D eigenvalue weighted by molar-refractivity contribution is 8.00. The molecule has 1 aliphatic rings. The molecule has 2 heterocycles. The molecule has 15 nitrogen and oxygen atoms in total. The van der Waals surface area contributed by atoms with Crippen LogP contribution in [0.25, 0.3) is 10.9 Å². The van der Waals surface area contributed by atoms with Gasteiger partial charge in [-0.15, -0.1) is 0 Å². The number of ketones is 1. The predicted octanol–water partition coefficient (Wildman–Crippen LogP) is 7.95. The summed E-state index contributed by atoms with van der Waals surface area (Å²) >= 11 is 0.826. The summed E-state index contributed by atoms with van der Waals surface area (Å²) in [5, 5.41) is 20.2. The Morgan fingerprint density at radius 1 is 0.838 bits per heavy atom. The number of aromatic amines is 1. The Morgan fingerprint density at radius 2 is 1.44 bits per heavy atom. The molecule has 18 heteroatoms. The smallest absolute Gasteiger partial charge is 0.337 e.